The van der Waals surface area contributed by atoms with Crippen LogP contribution < -0.4 is 0 Å². The molecule has 3 heterocycles. The second-order valence-electron chi connectivity index (χ2n) is 6.36. The SMILES string of the molecule is O=C(O)c1ccc(C2(c3nc(-c4cccnc4)cs3)CCOCC2)cc1. The number of thiazole rings is 1. The zero-order chi connectivity index (χ0) is 18.0. The highest BCUT2D eigenvalue weighted by atomic mass is 32.1. The van der Waals surface area contributed by atoms with Crippen LogP contribution in [-0.2, 0) is 10.2 Å². The van der Waals surface area contributed by atoms with E-state index in [2.05, 4.69) is 10.4 Å². The van der Waals surface area contributed by atoms with Crippen LogP contribution in [0.25, 0.3) is 11.3 Å². The Morgan fingerprint density at radius 3 is 2.58 bits per heavy atom. The van der Waals surface area contributed by atoms with Crippen LogP contribution in [0.1, 0.15) is 33.8 Å². The van der Waals surface area contributed by atoms with E-state index in [0.29, 0.717) is 18.8 Å². The van der Waals surface area contributed by atoms with Gasteiger partial charge in [0, 0.05) is 36.6 Å². The predicted molar refractivity (Wildman–Crippen MR) is 99.6 cm³/mol. The molecule has 1 aliphatic rings. The van der Waals surface area contributed by atoms with Crippen molar-refractivity contribution in [2.24, 2.45) is 0 Å². The van der Waals surface area contributed by atoms with Crippen LogP contribution >= 0.6 is 11.3 Å². The number of aromatic nitrogens is 2. The Balaban J connectivity index is 1.75. The molecule has 4 rings (SSSR count). The smallest absolute Gasteiger partial charge is 0.335 e. The third-order valence-electron chi connectivity index (χ3n) is 4.90. The molecule has 0 saturated carbocycles. The van der Waals surface area contributed by atoms with Gasteiger partial charge < -0.3 is 9.84 Å². The first-order valence-electron chi connectivity index (χ1n) is 8.47. The third kappa shape index (κ3) is 3.02. The Kier molecular flexibility index (Phi) is 4.53. The molecular weight excluding hydrogens is 348 g/mol. The summed E-state index contributed by atoms with van der Waals surface area (Å²) in [5.74, 6) is -0.911. The molecule has 0 amide bonds. The van der Waals surface area contributed by atoms with E-state index in [1.165, 1.54) is 0 Å². The van der Waals surface area contributed by atoms with E-state index in [1.807, 2.05) is 30.5 Å². The first-order chi connectivity index (χ1) is 12.7. The maximum absolute atomic E-state index is 11.2. The fourth-order valence-electron chi connectivity index (χ4n) is 3.42. The number of carboxylic acids is 1. The van der Waals surface area contributed by atoms with Gasteiger partial charge in [0.05, 0.1) is 16.7 Å². The van der Waals surface area contributed by atoms with Crippen LogP contribution in [0.3, 0.4) is 0 Å². The van der Waals surface area contributed by atoms with Gasteiger partial charge in [-0.3, -0.25) is 4.98 Å². The molecule has 2 aromatic heterocycles. The second-order valence-corrected chi connectivity index (χ2v) is 7.21. The number of benzene rings is 1. The Hall–Kier alpha value is -2.57. The van der Waals surface area contributed by atoms with Crippen molar-refractivity contribution in [1.82, 2.24) is 9.97 Å². The Labute approximate surface area is 155 Å². The average molecular weight is 366 g/mol. The summed E-state index contributed by atoms with van der Waals surface area (Å²) < 4.78 is 5.59. The topological polar surface area (TPSA) is 72.3 Å². The number of hydrogen-bond acceptors (Lipinski definition) is 5. The van der Waals surface area contributed by atoms with Crippen LogP contribution in [0, 0.1) is 0 Å². The molecule has 0 radical (unpaired) electrons. The highest BCUT2D eigenvalue weighted by Crippen LogP contribution is 2.43. The van der Waals surface area contributed by atoms with Crippen LogP contribution in [0.4, 0.5) is 0 Å². The maximum atomic E-state index is 11.2. The van der Waals surface area contributed by atoms with Crippen molar-refractivity contribution in [3.63, 3.8) is 0 Å². The van der Waals surface area contributed by atoms with Crippen LogP contribution in [-0.4, -0.2) is 34.3 Å². The number of carbonyl (C=O) groups is 1. The van der Waals surface area contributed by atoms with Gasteiger partial charge in [-0.25, -0.2) is 9.78 Å². The zero-order valence-corrected chi connectivity index (χ0v) is 14.9. The third-order valence-corrected chi connectivity index (χ3v) is 5.95. The molecule has 0 atom stereocenters. The molecule has 1 N–H and O–H groups in total. The molecule has 6 heteroatoms. The summed E-state index contributed by atoms with van der Waals surface area (Å²) >= 11 is 1.64. The number of pyridine rings is 1. The Morgan fingerprint density at radius 1 is 1.15 bits per heavy atom. The van der Waals surface area contributed by atoms with E-state index in [9.17, 15) is 4.79 Å². The van der Waals surface area contributed by atoms with Crippen LogP contribution in [0.15, 0.2) is 54.2 Å². The van der Waals surface area contributed by atoms with Gasteiger partial charge in [-0.15, -0.1) is 11.3 Å². The maximum Gasteiger partial charge on any atom is 0.335 e. The first kappa shape index (κ1) is 16.9. The number of aromatic carboxylic acids is 1. The summed E-state index contributed by atoms with van der Waals surface area (Å²) in [6.45, 7) is 1.34. The van der Waals surface area contributed by atoms with Crippen molar-refractivity contribution in [3.8, 4) is 11.3 Å². The fraction of sp³-hybridized carbons (Fsp3) is 0.250. The largest absolute Gasteiger partial charge is 0.478 e. The van der Waals surface area contributed by atoms with Crippen molar-refractivity contribution >= 4 is 17.3 Å². The molecule has 1 fully saturated rings. The molecule has 5 nitrogen and oxygen atoms in total. The molecule has 0 unspecified atom stereocenters. The predicted octanol–water partition coefficient (Wildman–Crippen LogP) is 4.00. The lowest BCUT2D eigenvalue weighted by Crippen LogP contribution is -2.35. The van der Waals surface area contributed by atoms with Crippen molar-refractivity contribution in [2.45, 2.75) is 18.3 Å². The molecule has 1 aromatic carbocycles. The summed E-state index contributed by atoms with van der Waals surface area (Å²) in [6, 6.07) is 11.1. The van der Waals surface area contributed by atoms with E-state index in [-0.39, 0.29) is 5.41 Å². The standard InChI is InChI=1S/C20H18N2O3S/c23-18(24)14-3-5-16(6-4-14)20(7-10-25-11-8-20)19-22-17(13-26-19)15-2-1-9-21-12-15/h1-6,9,12-13H,7-8,10-11H2,(H,23,24). The van der Waals surface area contributed by atoms with Gasteiger partial charge in [0.25, 0.3) is 0 Å². The van der Waals surface area contributed by atoms with E-state index < -0.39 is 5.97 Å². The van der Waals surface area contributed by atoms with Crippen molar-refractivity contribution in [1.29, 1.82) is 0 Å². The molecule has 1 aliphatic heterocycles. The summed E-state index contributed by atoms with van der Waals surface area (Å²) in [6.07, 6.45) is 5.23. The van der Waals surface area contributed by atoms with Gasteiger partial charge in [0.15, 0.2) is 0 Å². The lowest BCUT2D eigenvalue weighted by molar-refractivity contribution is 0.0629. The molecule has 3 aromatic rings. The summed E-state index contributed by atoms with van der Waals surface area (Å²) in [5, 5.41) is 12.3. The molecule has 0 spiro atoms. The van der Waals surface area contributed by atoms with Crippen molar-refractivity contribution in [2.75, 3.05) is 13.2 Å². The zero-order valence-electron chi connectivity index (χ0n) is 14.1. The number of carboxylic acid groups (broad SMARTS) is 1. The average Bonchev–Trinajstić information content (AvgIpc) is 3.20. The number of rotatable bonds is 4. The van der Waals surface area contributed by atoms with Crippen molar-refractivity contribution in [3.05, 3.63) is 70.3 Å². The van der Waals surface area contributed by atoms with Gasteiger partial charge in [-0.1, -0.05) is 12.1 Å². The van der Waals surface area contributed by atoms with Crippen LogP contribution in [0.5, 0.6) is 0 Å². The lowest BCUT2D eigenvalue weighted by atomic mass is 9.74. The summed E-state index contributed by atoms with van der Waals surface area (Å²) in [5.41, 5.74) is 3.08. The number of ether oxygens (including phenoxy) is 1. The minimum Gasteiger partial charge on any atom is -0.478 e. The summed E-state index contributed by atoms with van der Waals surface area (Å²) in [4.78, 5) is 20.3. The van der Waals surface area contributed by atoms with Gasteiger partial charge in [0.1, 0.15) is 5.01 Å². The molecule has 0 aliphatic carbocycles. The lowest BCUT2D eigenvalue weighted by Gasteiger charge is -2.36. The molecule has 132 valence electrons. The van der Waals surface area contributed by atoms with Crippen LogP contribution in [0.2, 0.25) is 0 Å². The Bertz CT molecular complexity index is 900. The first-order valence-corrected chi connectivity index (χ1v) is 9.35. The quantitative estimate of drug-likeness (QED) is 0.756. The van der Waals surface area contributed by atoms with E-state index in [0.717, 1.165) is 34.7 Å². The number of nitrogens with zero attached hydrogens (tertiary/aromatic N) is 2. The van der Waals surface area contributed by atoms with Gasteiger partial charge in [-0.05, 0) is 42.7 Å². The van der Waals surface area contributed by atoms with E-state index >= 15 is 0 Å². The normalized spacial score (nSPS) is 16.3. The van der Waals surface area contributed by atoms with Gasteiger partial charge >= 0.3 is 5.97 Å². The summed E-state index contributed by atoms with van der Waals surface area (Å²) in [7, 11) is 0. The molecular formula is C20H18N2O3S. The minimum atomic E-state index is -0.911. The van der Waals surface area contributed by atoms with E-state index in [1.54, 1.807) is 29.7 Å². The second kappa shape index (κ2) is 6.97. The van der Waals surface area contributed by atoms with E-state index in [4.69, 9.17) is 14.8 Å². The number of hydrogen-bond donors (Lipinski definition) is 1. The molecule has 26 heavy (non-hydrogen) atoms. The highest BCUT2D eigenvalue weighted by Gasteiger charge is 2.39. The van der Waals surface area contributed by atoms with Gasteiger partial charge in [-0.2, -0.15) is 0 Å². The minimum absolute atomic E-state index is 0.236. The molecule has 1 saturated heterocycles. The van der Waals surface area contributed by atoms with Gasteiger partial charge in [0.2, 0.25) is 0 Å². The Morgan fingerprint density at radius 2 is 1.92 bits per heavy atom. The highest BCUT2D eigenvalue weighted by molar-refractivity contribution is 7.10. The fourth-order valence-corrected chi connectivity index (χ4v) is 4.53. The van der Waals surface area contributed by atoms with Crippen molar-refractivity contribution < 1.29 is 14.6 Å². The molecule has 0 bridgehead atoms. The monoisotopic (exact) mass is 366 g/mol.